The molecular weight excluding hydrogens is 312 g/mol. The lowest BCUT2D eigenvalue weighted by Crippen LogP contribution is -2.21. The molecule has 1 aliphatic heterocycles. The van der Waals surface area contributed by atoms with Crippen LogP contribution in [0.3, 0.4) is 0 Å². The van der Waals surface area contributed by atoms with Crippen LogP contribution in [-0.4, -0.2) is 44.0 Å². The number of β-amino-alcohol motifs (C(OH)–C–C–N with tert-alkyl or cyclic N) is 1. The minimum atomic E-state index is -0.291. The van der Waals surface area contributed by atoms with E-state index in [1.54, 1.807) is 0 Å². The third-order valence-corrected chi connectivity index (χ3v) is 5.11. The number of rotatable bonds is 5. The number of hydrogen-bond acceptors (Lipinski definition) is 4. The molecule has 2 aromatic heterocycles. The first kappa shape index (κ1) is 16.2. The predicted molar refractivity (Wildman–Crippen MR) is 98.1 cm³/mol. The number of aliphatic hydroxyl groups excluding tert-OH is 1. The average molecular weight is 336 g/mol. The molecule has 5 nitrogen and oxygen atoms in total. The lowest BCUT2D eigenvalue weighted by molar-refractivity contribution is 0.141. The maximum absolute atomic E-state index is 10.5. The molecule has 3 aromatic rings. The van der Waals surface area contributed by atoms with E-state index in [0.29, 0.717) is 6.54 Å². The summed E-state index contributed by atoms with van der Waals surface area (Å²) in [4.78, 5) is 6.74. The Kier molecular flexibility index (Phi) is 4.51. The first-order valence-electron chi connectivity index (χ1n) is 8.98. The fourth-order valence-electron chi connectivity index (χ4n) is 3.78. The molecule has 25 heavy (non-hydrogen) atoms. The van der Waals surface area contributed by atoms with Crippen LogP contribution in [0.4, 0.5) is 0 Å². The molecule has 0 spiro atoms. The van der Waals surface area contributed by atoms with Crippen molar-refractivity contribution in [3.05, 3.63) is 60.0 Å². The van der Waals surface area contributed by atoms with E-state index < -0.39 is 0 Å². The number of aryl methyl sites for hydroxylation is 1. The van der Waals surface area contributed by atoms with Crippen molar-refractivity contribution in [1.82, 2.24) is 19.7 Å². The topological polar surface area (TPSA) is 54.2 Å². The summed E-state index contributed by atoms with van der Waals surface area (Å²) in [6, 6.07) is 12.4. The number of nitrogens with zero attached hydrogens (tertiary/aromatic N) is 4. The van der Waals surface area contributed by atoms with Crippen molar-refractivity contribution < 1.29 is 5.11 Å². The lowest BCUT2D eigenvalue weighted by atomic mass is 9.94. The number of aromatic nitrogens is 3. The van der Waals surface area contributed by atoms with Crippen LogP contribution in [0.5, 0.6) is 0 Å². The number of benzene rings is 1. The van der Waals surface area contributed by atoms with Crippen LogP contribution in [0.1, 0.15) is 18.2 Å². The maximum Gasteiger partial charge on any atom is 0.0764 e. The van der Waals surface area contributed by atoms with Gasteiger partial charge < -0.3 is 5.11 Å². The smallest absolute Gasteiger partial charge is 0.0764 e. The molecule has 0 bridgehead atoms. The molecule has 130 valence electrons. The molecule has 0 aliphatic carbocycles. The van der Waals surface area contributed by atoms with Crippen LogP contribution in [-0.2, 0) is 19.5 Å². The number of likely N-dealkylation sites (tertiary alicyclic amines) is 1. The summed E-state index contributed by atoms with van der Waals surface area (Å²) < 4.78 is 1.95. The number of pyridine rings is 1. The van der Waals surface area contributed by atoms with Crippen LogP contribution in [0.25, 0.3) is 10.9 Å². The molecule has 3 heterocycles. The minimum absolute atomic E-state index is 0.249. The van der Waals surface area contributed by atoms with Gasteiger partial charge in [0.25, 0.3) is 0 Å². The van der Waals surface area contributed by atoms with E-state index in [9.17, 15) is 5.11 Å². The molecule has 1 N–H and O–H groups in total. The highest BCUT2D eigenvalue weighted by molar-refractivity contribution is 5.81. The van der Waals surface area contributed by atoms with Crippen molar-refractivity contribution in [1.29, 1.82) is 0 Å². The van der Waals surface area contributed by atoms with Crippen LogP contribution in [0.2, 0.25) is 0 Å². The summed E-state index contributed by atoms with van der Waals surface area (Å²) in [6.45, 7) is 5.40. The van der Waals surface area contributed by atoms with Gasteiger partial charge in [0.05, 0.1) is 17.3 Å². The molecule has 1 fully saturated rings. The Morgan fingerprint density at radius 2 is 2.04 bits per heavy atom. The molecule has 0 radical (unpaired) electrons. The van der Waals surface area contributed by atoms with Crippen molar-refractivity contribution in [3.63, 3.8) is 0 Å². The number of aliphatic hydroxyl groups is 1. The summed E-state index contributed by atoms with van der Waals surface area (Å²) in [5.74, 6) is 0.249. The van der Waals surface area contributed by atoms with Gasteiger partial charge in [-0.1, -0.05) is 18.2 Å². The van der Waals surface area contributed by atoms with E-state index in [-0.39, 0.29) is 12.0 Å². The minimum Gasteiger partial charge on any atom is -0.391 e. The second-order valence-electron chi connectivity index (χ2n) is 6.88. The fraction of sp³-hybridized carbons (Fsp3) is 0.400. The molecule has 5 heteroatoms. The zero-order chi connectivity index (χ0) is 17.2. The summed E-state index contributed by atoms with van der Waals surface area (Å²) >= 11 is 0. The monoisotopic (exact) mass is 336 g/mol. The molecule has 2 atom stereocenters. The van der Waals surface area contributed by atoms with Crippen LogP contribution < -0.4 is 0 Å². The third kappa shape index (κ3) is 3.43. The third-order valence-electron chi connectivity index (χ3n) is 5.11. The van der Waals surface area contributed by atoms with E-state index in [2.05, 4.69) is 46.2 Å². The number of para-hydroxylation sites is 1. The van der Waals surface area contributed by atoms with E-state index in [1.165, 1.54) is 10.9 Å². The van der Waals surface area contributed by atoms with Crippen LogP contribution in [0, 0.1) is 5.92 Å². The Labute approximate surface area is 147 Å². The highest BCUT2D eigenvalue weighted by atomic mass is 16.3. The van der Waals surface area contributed by atoms with E-state index in [1.807, 2.05) is 29.2 Å². The number of hydrogen-bond donors (Lipinski definition) is 1. The maximum atomic E-state index is 10.5. The van der Waals surface area contributed by atoms with Crippen molar-refractivity contribution in [2.75, 3.05) is 13.1 Å². The Morgan fingerprint density at radius 1 is 1.16 bits per heavy atom. The van der Waals surface area contributed by atoms with Gasteiger partial charge in [-0.3, -0.25) is 14.6 Å². The normalized spacial score (nSPS) is 21.2. The Balaban J connectivity index is 1.46. The van der Waals surface area contributed by atoms with Gasteiger partial charge in [0.1, 0.15) is 0 Å². The Bertz CT molecular complexity index is 854. The van der Waals surface area contributed by atoms with Gasteiger partial charge in [-0.2, -0.15) is 5.10 Å². The van der Waals surface area contributed by atoms with Gasteiger partial charge in [0.15, 0.2) is 0 Å². The molecule has 0 saturated carbocycles. The summed E-state index contributed by atoms with van der Waals surface area (Å²) in [6.07, 6.45) is 4.47. The highest BCUT2D eigenvalue weighted by Gasteiger charge is 2.31. The van der Waals surface area contributed by atoms with Gasteiger partial charge in [-0.25, -0.2) is 0 Å². The standard InChI is InChI=1S/C20H24N4O/c1-2-24-10-8-17(22-24)13-23-12-16(20(25)14-23)11-15-7-9-21-19-6-4-3-5-18(15)19/h3-10,16,20,25H,2,11-14H2,1H3/t16-,20-/m1/s1. The van der Waals surface area contributed by atoms with Crippen molar-refractivity contribution in [2.24, 2.45) is 5.92 Å². The summed E-state index contributed by atoms with van der Waals surface area (Å²) in [5.41, 5.74) is 3.37. The van der Waals surface area contributed by atoms with Gasteiger partial charge in [-0.15, -0.1) is 0 Å². The lowest BCUT2D eigenvalue weighted by Gasteiger charge is -2.15. The van der Waals surface area contributed by atoms with E-state index in [4.69, 9.17) is 0 Å². The molecule has 0 amide bonds. The van der Waals surface area contributed by atoms with Gasteiger partial charge >= 0.3 is 0 Å². The highest BCUT2D eigenvalue weighted by Crippen LogP contribution is 2.26. The van der Waals surface area contributed by atoms with Crippen molar-refractivity contribution >= 4 is 10.9 Å². The predicted octanol–water partition coefficient (Wildman–Crippen LogP) is 2.49. The largest absolute Gasteiger partial charge is 0.391 e. The average Bonchev–Trinajstić information content (AvgIpc) is 3.22. The van der Waals surface area contributed by atoms with E-state index >= 15 is 0 Å². The molecule has 1 aliphatic rings. The SMILES string of the molecule is CCn1ccc(CN2C[C@@H](Cc3ccnc4ccccc34)[C@H](O)C2)n1. The Morgan fingerprint density at radius 3 is 2.88 bits per heavy atom. The molecule has 4 rings (SSSR count). The van der Waals surface area contributed by atoms with E-state index in [0.717, 1.165) is 37.3 Å². The first-order chi connectivity index (χ1) is 12.2. The zero-order valence-corrected chi connectivity index (χ0v) is 14.5. The fourth-order valence-corrected chi connectivity index (χ4v) is 3.78. The molecule has 1 saturated heterocycles. The second-order valence-corrected chi connectivity index (χ2v) is 6.88. The number of fused-ring (bicyclic) bond motifs is 1. The molecule has 1 aromatic carbocycles. The van der Waals surface area contributed by atoms with Gasteiger partial charge in [-0.05, 0) is 37.1 Å². The quantitative estimate of drug-likeness (QED) is 0.778. The second kappa shape index (κ2) is 6.94. The zero-order valence-electron chi connectivity index (χ0n) is 14.5. The van der Waals surface area contributed by atoms with Gasteiger partial charge in [0.2, 0.25) is 0 Å². The van der Waals surface area contributed by atoms with Gasteiger partial charge in [0, 0.05) is 49.9 Å². The van der Waals surface area contributed by atoms with Crippen LogP contribution in [0.15, 0.2) is 48.8 Å². The van der Waals surface area contributed by atoms with Crippen LogP contribution >= 0.6 is 0 Å². The summed E-state index contributed by atoms with van der Waals surface area (Å²) in [7, 11) is 0. The first-order valence-corrected chi connectivity index (χ1v) is 8.98. The Hall–Kier alpha value is -2.24. The summed E-state index contributed by atoms with van der Waals surface area (Å²) in [5, 5.41) is 16.3. The molecule has 0 unspecified atom stereocenters. The van der Waals surface area contributed by atoms with Crippen molar-refractivity contribution in [2.45, 2.75) is 32.5 Å². The molecular formula is C20H24N4O. The van der Waals surface area contributed by atoms with Crippen molar-refractivity contribution in [3.8, 4) is 0 Å².